The van der Waals surface area contributed by atoms with Crippen molar-refractivity contribution in [2.24, 2.45) is 0 Å². The summed E-state index contributed by atoms with van der Waals surface area (Å²) in [6.45, 7) is -1.11. The third-order valence-corrected chi connectivity index (χ3v) is 2.42. The quantitative estimate of drug-likeness (QED) is 0.686. The van der Waals surface area contributed by atoms with Crippen molar-refractivity contribution in [3.63, 3.8) is 0 Å². The molecule has 17 heavy (non-hydrogen) atoms. The van der Waals surface area contributed by atoms with Gasteiger partial charge in [0.05, 0.1) is 17.9 Å². The van der Waals surface area contributed by atoms with E-state index in [2.05, 4.69) is 20.7 Å². The molecule has 2 N–H and O–H groups in total. The van der Waals surface area contributed by atoms with Crippen LogP contribution in [0.15, 0.2) is 16.6 Å². The lowest BCUT2D eigenvalue weighted by Crippen LogP contribution is -2.10. The van der Waals surface area contributed by atoms with Crippen molar-refractivity contribution in [2.45, 2.75) is 13.5 Å². The average molecular weight is 310 g/mol. The molecule has 0 unspecified atom stereocenters. The normalized spacial score (nSPS) is 10.4. The highest BCUT2D eigenvalue weighted by molar-refractivity contribution is 9.10. The standard InChI is InChI=1S/C10H10BrF2NO3/c1-2-16-9(15)8-6(11)3-5(4-7(8)14)17-10(12)13/h3-4,10H,2,14H2,1H3. The molecule has 4 nitrogen and oxygen atoms in total. The number of ether oxygens (including phenoxy) is 2. The number of hydrogen-bond donors (Lipinski definition) is 1. The highest BCUT2D eigenvalue weighted by Crippen LogP contribution is 2.30. The molecule has 7 heteroatoms. The highest BCUT2D eigenvalue weighted by atomic mass is 79.9. The van der Waals surface area contributed by atoms with Crippen molar-refractivity contribution >= 4 is 27.6 Å². The van der Waals surface area contributed by atoms with Crippen molar-refractivity contribution < 1.29 is 23.0 Å². The van der Waals surface area contributed by atoms with Gasteiger partial charge in [0, 0.05) is 10.5 Å². The maximum atomic E-state index is 12.0. The summed E-state index contributed by atoms with van der Waals surface area (Å²) < 4.78 is 33.2. The molecular weight excluding hydrogens is 300 g/mol. The summed E-state index contributed by atoms with van der Waals surface area (Å²) >= 11 is 3.05. The minimum absolute atomic E-state index is 0.00785. The van der Waals surface area contributed by atoms with E-state index in [1.54, 1.807) is 6.92 Å². The Morgan fingerprint density at radius 2 is 2.18 bits per heavy atom. The molecule has 1 aromatic rings. The number of benzene rings is 1. The number of hydrogen-bond acceptors (Lipinski definition) is 4. The number of alkyl halides is 2. The number of carbonyl (C=O) groups is 1. The van der Waals surface area contributed by atoms with Crippen LogP contribution in [0.3, 0.4) is 0 Å². The number of carbonyl (C=O) groups excluding carboxylic acids is 1. The van der Waals surface area contributed by atoms with Crippen LogP contribution in [0, 0.1) is 0 Å². The van der Waals surface area contributed by atoms with Gasteiger partial charge < -0.3 is 15.2 Å². The largest absolute Gasteiger partial charge is 0.462 e. The number of halogens is 3. The van der Waals surface area contributed by atoms with Gasteiger partial charge in [0.2, 0.25) is 0 Å². The predicted octanol–water partition coefficient (Wildman–Crippen LogP) is 2.81. The van der Waals surface area contributed by atoms with Gasteiger partial charge in [-0.25, -0.2) is 4.79 Å². The summed E-state index contributed by atoms with van der Waals surface area (Å²) in [6, 6.07) is 2.37. The van der Waals surface area contributed by atoms with Crippen LogP contribution in [0.4, 0.5) is 14.5 Å². The molecule has 0 spiro atoms. The lowest BCUT2D eigenvalue weighted by Gasteiger charge is -2.10. The first-order chi connectivity index (χ1) is 7.95. The van der Waals surface area contributed by atoms with E-state index in [4.69, 9.17) is 10.5 Å². The van der Waals surface area contributed by atoms with Gasteiger partial charge >= 0.3 is 12.6 Å². The number of nitrogens with two attached hydrogens (primary N) is 1. The van der Waals surface area contributed by atoms with Crippen LogP contribution in [0.5, 0.6) is 5.75 Å². The van der Waals surface area contributed by atoms with E-state index >= 15 is 0 Å². The van der Waals surface area contributed by atoms with E-state index in [0.717, 1.165) is 6.07 Å². The number of esters is 1. The Balaban J connectivity index is 3.06. The molecule has 0 saturated heterocycles. The molecule has 0 amide bonds. The number of anilines is 1. The fraction of sp³-hybridized carbons (Fsp3) is 0.300. The van der Waals surface area contributed by atoms with Gasteiger partial charge in [-0.2, -0.15) is 8.78 Å². The summed E-state index contributed by atoms with van der Waals surface area (Å²) in [5.74, 6) is -0.752. The zero-order valence-corrected chi connectivity index (χ0v) is 10.5. The lowest BCUT2D eigenvalue weighted by molar-refractivity contribution is -0.0498. The Morgan fingerprint density at radius 3 is 2.65 bits per heavy atom. The third-order valence-electron chi connectivity index (χ3n) is 1.80. The minimum Gasteiger partial charge on any atom is -0.462 e. The van der Waals surface area contributed by atoms with Crippen LogP contribution < -0.4 is 10.5 Å². The van der Waals surface area contributed by atoms with Crippen LogP contribution in [0.25, 0.3) is 0 Å². The van der Waals surface area contributed by atoms with Gasteiger partial charge in [-0.3, -0.25) is 0 Å². The van der Waals surface area contributed by atoms with Crippen molar-refractivity contribution in [3.05, 3.63) is 22.2 Å². The van der Waals surface area contributed by atoms with Gasteiger partial charge in [-0.05, 0) is 28.9 Å². The molecule has 0 saturated carbocycles. The van der Waals surface area contributed by atoms with Gasteiger partial charge in [0.1, 0.15) is 5.75 Å². The summed E-state index contributed by atoms with van der Waals surface area (Å²) in [6.07, 6.45) is 0. The Kier molecular flexibility index (Phi) is 4.68. The van der Waals surface area contributed by atoms with Crippen LogP contribution in [-0.4, -0.2) is 19.2 Å². The second-order valence-corrected chi connectivity index (χ2v) is 3.82. The first kappa shape index (κ1) is 13.7. The molecule has 0 aliphatic heterocycles. The van der Waals surface area contributed by atoms with E-state index in [-0.39, 0.29) is 28.1 Å². The van der Waals surface area contributed by atoms with Crippen molar-refractivity contribution in [3.8, 4) is 5.75 Å². The average Bonchev–Trinajstić information content (AvgIpc) is 2.15. The van der Waals surface area contributed by atoms with Gasteiger partial charge in [-0.15, -0.1) is 0 Å². The van der Waals surface area contributed by atoms with Crippen LogP contribution in [0.2, 0.25) is 0 Å². The number of nitrogen functional groups attached to an aromatic ring is 1. The van der Waals surface area contributed by atoms with Gasteiger partial charge in [0.15, 0.2) is 0 Å². The van der Waals surface area contributed by atoms with Gasteiger partial charge in [-0.1, -0.05) is 0 Å². The zero-order valence-electron chi connectivity index (χ0n) is 8.88. The fourth-order valence-corrected chi connectivity index (χ4v) is 1.81. The molecule has 0 bridgehead atoms. The first-order valence-corrected chi connectivity index (χ1v) is 5.46. The second kappa shape index (κ2) is 5.81. The topological polar surface area (TPSA) is 61.5 Å². The SMILES string of the molecule is CCOC(=O)c1c(N)cc(OC(F)F)cc1Br. The molecule has 0 aromatic heterocycles. The summed E-state index contributed by atoms with van der Waals surface area (Å²) in [7, 11) is 0. The molecule has 0 aliphatic rings. The Labute approximate surface area is 105 Å². The number of rotatable bonds is 4. The van der Waals surface area contributed by atoms with E-state index in [1.165, 1.54) is 6.07 Å². The molecule has 1 aromatic carbocycles. The summed E-state index contributed by atoms with van der Waals surface area (Å²) in [5.41, 5.74) is 5.67. The summed E-state index contributed by atoms with van der Waals surface area (Å²) in [4.78, 5) is 11.5. The fourth-order valence-electron chi connectivity index (χ4n) is 1.19. The van der Waals surface area contributed by atoms with Crippen LogP contribution in [0.1, 0.15) is 17.3 Å². The van der Waals surface area contributed by atoms with Crippen LogP contribution in [-0.2, 0) is 4.74 Å². The molecule has 0 heterocycles. The zero-order chi connectivity index (χ0) is 13.0. The Morgan fingerprint density at radius 1 is 1.53 bits per heavy atom. The Bertz CT molecular complexity index is 403. The van der Waals surface area contributed by atoms with E-state index in [0.29, 0.717) is 0 Å². The maximum Gasteiger partial charge on any atom is 0.387 e. The summed E-state index contributed by atoms with van der Waals surface area (Å²) in [5, 5.41) is 0. The molecule has 0 atom stereocenters. The molecule has 0 radical (unpaired) electrons. The molecular formula is C10H10BrF2NO3. The first-order valence-electron chi connectivity index (χ1n) is 4.66. The van der Waals surface area contributed by atoms with Crippen molar-refractivity contribution in [1.29, 1.82) is 0 Å². The maximum absolute atomic E-state index is 12.0. The molecule has 0 fully saturated rings. The van der Waals surface area contributed by atoms with Crippen LogP contribution >= 0.6 is 15.9 Å². The molecule has 0 aliphatic carbocycles. The second-order valence-electron chi connectivity index (χ2n) is 2.97. The van der Waals surface area contributed by atoms with Gasteiger partial charge in [0.25, 0.3) is 0 Å². The smallest absolute Gasteiger partial charge is 0.387 e. The monoisotopic (exact) mass is 309 g/mol. The van der Waals surface area contributed by atoms with E-state index < -0.39 is 12.6 Å². The predicted molar refractivity (Wildman–Crippen MR) is 61.1 cm³/mol. The molecule has 1 rings (SSSR count). The highest BCUT2D eigenvalue weighted by Gasteiger charge is 2.17. The van der Waals surface area contributed by atoms with E-state index in [9.17, 15) is 13.6 Å². The third kappa shape index (κ3) is 3.55. The Hall–Kier alpha value is -1.37. The van der Waals surface area contributed by atoms with E-state index in [1.807, 2.05) is 0 Å². The van der Waals surface area contributed by atoms with Crippen molar-refractivity contribution in [2.75, 3.05) is 12.3 Å². The van der Waals surface area contributed by atoms with Crippen molar-refractivity contribution in [1.82, 2.24) is 0 Å². The minimum atomic E-state index is -2.95. The lowest BCUT2D eigenvalue weighted by atomic mass is 10.2. The molecule has 94 valence electrons.